The average Bonchev–Trinajstić information content (AvgIpc) is 2.22. The van der Waals surface area contributed by atoms with E-state index in [1.165, 1.54) is 6.07 Å². The van der Waals surface area contributed by atoms with Gasteiger partial charge in [0.05, 0.1) is 6.10 Å². The third kappa shape index (κ3) is 3.48. The number of hydrogen-bond acceptors (Lipinski definition) is 1. The molecule has 2 heteroatoms. The molecule has 0 heterocycles. The van der Waals surface area contributed by atoms with Crippen LogP contribution in [0.1, 0.15) is 36.5 Å². The van der Waals surface area contributed by atoms with Gasteiger partial charge in [-0.2, -0.15) is 0 Å². The molecule has 0 saturated carbocycles. The number of hydrogen-bond donors (Lipinski definition) is 1. The Bertz CT molecular complexity index is 333. The van der Waals surface area contributed by atoms with E-state index in [0.717, 1.165) is 18.4 Å². The van der Waals surface area contributed by atoms with Crippen LogP contribution < -0.4 is 0 Å². The maximum Gasteiger partial charge on any atom is 0.129 e. The molecule has 0 bridgehead atoms. The van der Waals surface area contributed by atoms with Crippen molar-refractivity contribution in [3.63, 3.8) is 0 Å². The van der Waals surface area contributed by atoms with Crippen molar-refractivity contribution in [1.29, 1.82) is 0 Å². The second-order valence-corrected chi connectivity index (χ2v) is 3.76. The molecule has 1 atom stereocenters. The van der Waals surface area contributed by atoms with Crippen LogP contribution in [0.25, 0.3) is 0 Å². The van der Waals surface area contributed by atoms with Gasteiger partial charge < -0.3 is 5.11 Å². The van der Waals surface area contributed by atoms with Crippen LogP contribution in [0.3, 0.4) is 0 Å². The fourth-order valence-corrected chi connectivity index (χ4v) is 1.53. The topological polar surface area (TPSA) is 20.2 Å². The fraction of sp³-hybridized carbons (Fsp3) is 0.385. The van der Waals surface area contributed by atoms with Gasteiger partial charge in [0.2, 0.25) is 0 Å². The molecule has 0 aliphatic carbocycles. The number of aryl methyl sites for hydroxylation is 1. The summed E-state index contributed by atoms with van der Waals surface area (Å²) in [6, 6.07) is 4.81. The van der Waals surface area contributed by atoms with Crippen LogP contribution in [0.15, 0.2) is 30.9 Å². The first-order valence-electron chi connectivity index (χ1n) is 5.20. The lowest BCUT2D eigenvalue weighted by atomic mass is 10.0. The molecule has 0 spiro atoms. The molecule has 0 amide bonds. The summed E-state index contributed by atoms with van der Waals surface area (Å²) in [5, 5.41) is 9.78. The Morgan fingerprint density at radius 1 is 1.53 bits per heavy atom. The number of rotatable bonds is 5. The number of aliphatic hydroxyl groups excluding tert-OH is 1. The molecule has 15 heavy (non-hydrogen) atoms. The van der Waals surface area contributed by atoms with Gasteiger partial charge in [-0.05, 0) is 32.3 Å². The van der Waals surface area contributed by atoms with Crippen molar-refractivity contribution in [3.05, 3.63) is 47.8 Å². The summed E-state index contributed by atoms with van der Waals surface area (Å²) < 4.78 is 13.3. The van der Waals surface area contributed by atoms with Crippen molar-refractivity contribution >= 4 is 0 Å². The summed E-state index contributed by atoms with van der Waals surface area (Å²) in [5.74, 6) is -0.327. The van der Waals surface area contributed by atoms with Crippen LogP contribution in [0.2, 0.25) is 0 Å². The minimum atomic E-state index is -0.704. The lowest BCUT2D eigenvalue weighted by Crippen LogP contribution is -2.01. The number of benzene rings is 1. The van der Waals surface area contributed by atoms with Crippen molar-refractivity contribution in [2.75, 3.05) is 0 Å². The van der Waals surface area contributed by atoms with Gasteiger partial charge in [-0.25, -0.2) is 4.39 Å². The Labute approximate surface area is 90.3 Å². The van der Waals surface area contributed by atoms with E-state index in [9.17, 15) is 9.50 Å². The van der Waals surface area contributed by atoms with Crippen LogP contribution in [0.4, 0.5) is 4.39 Å². The molecule has 0 aliphatic rings. The molecular weight excluding hydrogens is 191 g/mol. The molecule has 1 unspecified atom stereocenters. The van der Waals surface area contributed by atoms with Crippen molar-refractivity contribution < 1.29 is 9.50 Å². The number of aliphatic hydroxyl groups is 1. The highest BCUT2D eigenvalue weighted by molar-refractivity contribution is 5.25. The van der Waals surface area contributed by atoms with E-state index in [1.807, 2.05) is 6.92 Å². The first-order chi connectivity index (χ1) is 7.15. The lowest BCUT2D eigenvalue weighted by Gasteiger charge is -2.11. The molecule has 0 radical (unpaired) electrons. The van der Waals surface area contributed by atoms with E-state index in [4.69, 9.17) is 0 Å². The maximum absolute atomic E-state index is 13.3. The molecular formula is C13H17FO. The highest BCUT2D eigenvalue weighted by atomic mass is 19.1. The van der Waals surface area contributed by atoms with Crippen LogP contribution in [0.5, 0.6) is 0 Å². The van der Waals surface area contributed by atoms with E-state index < -0.39 is 6.10 Å². The molecule has 1 nitrogen and oxygen atoms in total. The third-order valence-corrected chi connectivity index (χ3v) is 2.40. The van der Waals surface area contributed by atoms with Gasteiger partial charge in [-0.15, -0.1) is 6.58 Å². The van der Waals surface area contributed by atoms with Crippen molar-refractivity contribution in [2.24, 2.45) is 0 Å². The molecule has 0 fully saturated rings. The van der Waals surface area contributed by atoms with E-state index >= 15 is 0 Å². The summed E-state index contributed by atoms with van der Waals surface area (Å²) >= 11 is 0. The first kappa shape index (κ1) is 11.9. The van der Waals surface area contributed by atoms with Crippen molar-refractivity contribution in [2.45, 2.75) is 32.3 Å². The highest BCUT2D eigenvalue weighted by Crippen LogP contribution is 2.23. The fourth-order valence-electron chi connectivity index (χ4n) is 1.53. The van der Waals surface area contributed by atoms with Crippen molar-refractivity contribution in [1.82, 2.24) is 0 Å². The Morgan fingerprint density at radius 2 is 2.27 bits per heavy atom. The van der Waals surface area contributed by atoms with Gasteiger partial charge in [-0.3, -0.25) is 0 Å². The van der Waals surface area contributed by atoms with Crippen LogP contribution in [-0.2, 0) is 0 Å². The van der Waals surface area contributed by atoms with E-state index in [2.05, 4.69) is 6.58 Å². The standard InChI is InChI=1S/C13H17FO/c1-3-4-5-6-13(15)11-9-10(2)7-8-12(11)14/h3,7-9,13,15H,1,4-6H2,2H3. The van der Waals surface area contributed by atoms with Gasteiger partial charge in [0.25, 0.3) is 0 Å². The Kier molecular flexibility index (Phi) is 4.50. The van der Waals surface area contributed by atoms with E-state index in [1.54, 1.807) is 18.2 Å². The molecule has 0 aliphatic heterocycles. The average molecular weight is 208 g/mol. The van der Waals surface area contributed by atoms with Gasteiger partial charge in [0.15, 0.2) is 0 Å². The van der Waals surface area contributed by atoms with Crippen LogP contribution >= 0.6 is 0 Å². The molecule has 1 rings (SSSR count). The predicted molar refractivity (Wildman–Crippen MR) is 60.1 cm³/mol. The monoisotopic (exact) mass is 208 g/mol. The zero-order chi connectivity index (χ0) is 11.3. The third-order valence-electron chi connectivity index (χ3n) is 2.40. The van der Waals surface area contributed by atoms with Gasteiger partial charge in [0.1, 0.15) is 5.82 Å². The summed E-state index contributed by atoms with van der Waals surface area (Å²) in [6.07, 6.45) is 3.36. The molecule has 0 aromatic heterocycles. The Balaban J connectivity index is 2.67. The van der Waals surface area contributed by atoms with E-state index in [-0.39, 0.29) is 5.82 Å². The Morgan fingerprint density at radius 3 is 2.93 bits per heavy atom. The predicted octanol–water partition coefficient (Wildman–Crippen LogP) is 3.52. The quantitative estimate of drug-likeness (QED) is 0.579. The molecule has 1 N–H and O–H groups in total. The van der Waals surface area contributed by atoms with Crippen molar-refractivity contribution in [3.8, 4) is 0 Å². The molecule has 1 aromatic carbocycles. The maximum atomic E-state index is 13.3. The Hall–Kier alpha value is -1.15. The van der Waals surface area contributed by atoms with Gasteiger partial charge >= 0.3 is 0 Å². The normalized spacial score (nSPS) is 12.5. The van der Waals surface area contributed by atoms with Gasteiger partial charge in [-0.1, -0.05) is 23.8 Å². The minimum Gasteiger partial charge on any atom is -0.388 e. The highest BCUT2D eigenvalue weighted by Gasteiger charge is 2.11. The zero-order valence-corrected chi connectivity index (χ0v) is 9.04. The minimum absolute atomic E-state index is 0.327. The second-order valence-electron chi connectivity index (χ2n) is 3.76. The molecule has 0 saturated heterocycles. The number of unbranched alkanes of at least 4 members (excludes halogenated alkanes) is 1. The summed E-state index contributed by atoms with van der Waals surface area (Å²) in [6.45, 7) is 5.49. The molecule has 82 valence electrons. The van der Waals surface area contributed by atoms with Crippen LogP contribution in [0, 0.1) is 12.7 Å². The van der Waals surface area contributed by atoms with Gasteiger partial charge in [0, 0.05) is 5.56 Å². The van der Waals surface area contributed by atoms with E-state index in [0.29, 0.717) is 12.0 Å². The first-order valence-corrected chi connectivity index (χ1v) is 5.20. The largest absolute Gasteiger partial charge is 0.388 e. The second kappa shape index (κ2) is 5.66. The summed E-state index contributed by atoms with van der Waals surface area (Å²) in [7, 11) is 0. The molecule has 1 aromatic rings. The van der Waals surface area contributed by atoms with Crippen LogP contribution in [-0.4, -0.2) is 5.11 Å². The lowest BCUT2D eigenvalue weighted by molar-refractivity contribution is 0.160. The number of halogens is 1. The number of allylic oxidation sites excluding steroid dienone is 1. The zero-order valence-electron chi connectivity index (χ0n) is 9.04. The smallest absolute Gasteiger partial charge is 0.129 e. The summed E-state index contributed by atoms with van der Waals surface area (Å²) in [5.41, 5.74) is 1.37. The summed E-state index contributed by atoms with van der Waals surface area (Å²) in [4.78, 5) is 0. The SMILES string of the molecule is C=CCCCC(O)c1cc(C)ccc1F.